The van der Waals surface area contributed by atoms with Crippen LogP contribution in [0, 0.1) is 0 Å². The van der Waals surface area contributed by atoms with E-state index < -0.39 is 5.97 Å². The molecule has 1 heterocycles. The van der Waals surface area contributed by atoms with E-state index in [0.717, 1.165) is 21.3 Å². The van der Waals surface area contributed by atoms with E-state index in [4.69, 9.17) is 9.47 Å². The number of fused-ring (bicyclic) bond motifs is 1. The van der Waals surface area contributed by atoms with E-state index in [1.165, 1.54) is 0 Å². The van der Waals surface area contributed by atoms with Crippen molar-refractivity contribution in [2.45, 2.75) is 13.0 Å². The van der Waals surface area contributed by atoms with Crippen molar-refractivity contribution < 1.29 is 19.1 Å². The molecule has 0 fully saturated rings. The van der Waals surface area contributed by atoms with E-state index in [0.29, 0.717) is 5.57 Å². The lowest BCUT2D eigenvalue weighted by Gasteiger charge is -2.17. The SMILES string of the molecule is C[C@H](NC(=O)COC(=O)C1=Cc2ccccc2OC1)c1ccc(Br)cc1. The highest BCUT2D eigenvalue weighted by atomic mass is 79.9. The summed E-state index contributed by atoms with van der Waals surface area (Å²) in [5.74, 6) is -0.178. The highest BCUT2D eigenvalue weighted by Crippen LogP contribution is 2.26. The minimum absolute atomic E-state index is 0.132. The molecule has 3 rings (SSSR count). The second-order valence-electron chi connectivity index (χ2n) is 5.91. The van der Waals surface area contributed by atoms with E-state index in [9.17, 15) is 9.59 Å². The summed E-state index contributed by atoms with van der Waals surface area (Å²) in [5.41, 5.74) is 2.17. The number of nitrogens with one attached hydrogen (secondary N) is 1. The first-order valence-electron chi connectivity index (χ1n) is 8.17. The number of carbonyl (C=O) groups is 2. The number of esters is 1. The molecular weight excluding hydrogens is 398 g/mol. The lowest BCUT2D eigenvalue weighted by Crippen LogP contribution is -2.31. The largest absolute Gasteiger partial charge is 0.488 e. The van der Waals surface area contributed by atoms with Gasteiger partial charge in [-0.05, 0) is 36.8 Å². The molecule has 6 heteroatoms. The Labute approximate surface area is 160 Å². The zero-order valence-corrected chi connectivity index (χ0v) is 15.8. The summed E-state index contributed by atoms with van der Waals surface area (Å²) >= 11 is 3.37. The Kier molecular flexibility index (Phi) is 5.73. The molecule has 0 aliphatic carbocycles. The lowest BCUT2D eigenvalue weighted by atomic mass is 10.1. The van der Waals surface area contributed by atoms with Crippen molar-refractivity contribution in [3.05, 3.63) is 69.7 Å². The highest BCUT2D eigenvalue weighted by Gasteiger charge is 2.19. The van der Waals surface area contributed by atoms with Crippen LogP contribution >= 0.6 is 15.9 Å². The van der Waals surface area contributed by atoms with Gasteiger partial charge in [0, 0.05) is 10.0 Å². The molecule has 0 unspecified atom stereocenters. The van der Waals surface area contributed by atoms with Gasteiger partial charge in [-0.3, -0.25) is 4.79 Å². The molecule has 1 amide bonds. The van der Waals surface area contributed by atoms with Crippen molar-refractivity contribution >= 4 is 33.9 Å². The maximum Gasteiger partial charge on any atom is 0.338 e. The number of hydrogen-bond donors (Lipinski definition) is 1. The zero-order valence-electron chi connectivity index (χ0n) is 14.2. The third-order valence-electron chi connectivity index (χ3n) is 3.98. The molecule has 1 aliphatic rings. The lowest BCUT2D eigenvalue weighted by molar-refractivity contribution is -0.145. The Bertz CT molecular complexity index is 845. The summed E-state index contributed by atoms with van der Waals surface area (Å²) in [4.78, 5) is 24.2. The number of para-hydroxylation sites is 1. The number of amides is 1. The van der Waals surface area contributed by atoms with Gasteiger partial charge in [0.1, 0.15) is 12.4 Å². The average molecular weight is 416 g/mol. The predicted molar refractivity (Wildman–Crippen MR) is 102 cm³/mol. The second-order valence-corrected chi connectivity index (χ2v) is 6.83. The molecule has 1 aliphatic heterocycles. The molecule has 5 nitrogen and oxygen atoms in total. The summed E-state index contributed by atoms with van der Waals surface area (Å²) in [6.07, 6.45) is 1.73. The van der Waals surface area contributed by atoms with Crippen LogP contribution in [-0.2, 0) is 14.3 Å². The van der Waals surface area contributed by atoms with Crippen molar-refractivity contribution in [2.24, 2.45) is 0 Å². The van der Waals surface area contributed by atoms with Gasteiger partial charge in [-0.25, -0.2) is 4.79 Å². The minimum atomic E-state index is -0.550. The van der Waals surface area contributed by atoms with Crippen LogP contribution in [-0.4, -0.2) is 25.1 Å². The molecule has 2 aromatic rings. The maximum absolute atomic E-state index is 12.1. The quantitative estimate of drug-likeness (QED) is 0.756. The molecule has 1 N–H and O–H groups in total. The molecule has 0 bridgehead atoms. The van der Waals surface area contributed by atoms with Crippen LogP contribution in [0.25, 0.3) is 6.08 Å². The first-order chi connectivity index (χ1) is 12.5. The Hall–Kier alpha value is -2.60. The van der Waals surface area contributed by atoms with Crippen molar-refractivity contribution in [3.8, 4) is 5.75 Å². The van der Waals surface area contributed by atoms with Gasteiger partial charge in [0.15, 0.2) is 6.61 Å². The van der Waals surface area contributed by atoms with E-state index in [2.05, 4.69) is 21.2 Å². The number of carbonyl (C=O) groups excluding carboxylic acids is 2. The third-order valence-corrected chi connectivity index (χ3v) is 4.50. The standard InChI is InChI=1S/C20H18BrNO4/c1-13(14-6-8-17(21)9-7-14)22-19(23)12-26-20(24)16-10-15-4-2-3-5-18(15)25-11-16/h2-10,13H,11-12H2,1H3,(H,22,23)/t13-/m0/s1. The highest BCUT2D eigenvalue weighted by molar-refractivity contribution is 9.10. The van der Waals surface area contributed by atoms with Crippen LogP contribution < -0.4 is 10.1 Å². The molecule has 1 atom stereocenters. The first-order valence-corrected chi connectivity index (χ1v) is 8.96. The normalized spacial score (nSPS) is 13.7. The molecule has 0 aromatic heterocycles. The zero-order chi connectivity index (χ0) is 18.5. The van der Waals surface area contributed by atoms with Gasteiger partial charge in [-0.2, -0.15) is 0 Å². The molecule has 134 valence electrons. The van der Waals surface area contributed by atoms with E-state index in [1.807, 2.05) is 55.5 Å². The van der Waals surface area contributed by atoms with E-state index in [-0.39, 0.29) is 25.2 Å². The van der Waals surface area contributed by atoms with Crippen LogP contribution in [0.3, 0.4) is 0 Å². The Morgan fingerprint density at radius 1 is 1.19 bits per heavy atom. The topological polar surface area (TPSA) is 64.6 Å². The molecule has 0 saturated carbocycles. The summed E-state index contributed by atoms with van der Waals surface area (Å²) in [7, 11) is 0. The number of ether oxygens (including phenoxy) is 2. The van der Waals surface area contributed by atoms with Crippen LogP contribution in [0.5, 0.6) is 5.75 Å². The van der Waals surface area contributed by atoms with Crippen LogP contribution in [0.15, 0.2) is 58.6 Å². The summed E-state index contributed by atoms with van der Waals surface area (Å²) in [6.45, 7) is 1.67. The van der Waals surface area contributed by atoms with Crippen LogP contribution in [0.1, 0.15) is 24.1 Å². The monoisotopic (exact) mass is 415 g/mol. The number of hydrogen-bond acceptors (Lipinski definition) is 4. The fourth-order valence-electron chi connectivity index (χ4n) is 2.58. The predicted octanol–water partition coefficient (Wildman–Crippen LogP) is 3.65. The number of halogens is 1. The summed E-state index contributed by atoms with van der Waals surface area (Å²) < 4.78 is 11.6. The Balaban J connectivity index is 1.52. The van der Waals surface area contributed by atoms with Gasteiger partial charge in [0.25, 0.3) is 5.91 Å². The van der Waals surface area contributed by atoms with E-state index >= 15 is 0 Å². The molecule has 26 heavy (non-hydrogen) atoms. The van der Waals surface area contributed by atoms with Gasteiger partial charge in [-0.15, -0.1) is 0 Å². The number of rotatable bonds is 5. The van der Waals surface area contributed by atoms with E-state index in [1.54, 1.807) is 6.08 Å². The van der Waals surface area contributed by atoms with Crippen molar-refractivity contribution in [2.75, 3.05) is 13.2 Å². The van der Waals surface area contributed by atoms with Gasteiger partial charge in [0.2, 0.25) is 0 Å². The van der Waals surface area contributed by atoms with Crippen LogP contribution in [0.4, 0.5) is 0 Å². The smallest absolute Gasteiger partial charge is 0.338 e. The maximum atomic E-state index is 12.1. The van der Waals surface area contributed by atoms with Gasteiger partial charge in [0.05, 0.1) is 11.6 Å². The average Bonchev–Trinajstić information content (AvgIpc) is 2.66. The number of benzene rings is 2. The Morgan fingerprint density at radius 3 is 2.69 bits per heavy atom. The fraction of sp³-hybridized carbons (Fsp3) is 0.200. The third kappa shape index (κ3) is 4.52. The fourth-order valence-corrected chi connectivity index (χ4v) is 2.84. The molecule has 0 saturated heterocycles. The minimum Gasteiger partial charge on any atom is -0.488 e. The van der Waals surface area contributed by atoms with Gasteiger partial charge in [-0.1, -0.05) is 46.3 Å². The molecular formula is C20H18BrNO4. The van der Waals surface area contributed by atoms with Crippen molar-refractivity contribution in [1.82, 2.24) is 5.32 Å². The molecule has 0 radical (unpaired) electrons. The summed E-state index contributed by atoms with van der Waals surface area (Å²) in [6, 6.07) is 14.9. The van der Waals surface area contributed by atoms with Crippen molar-refractivity contribution in [3.63, 3.8) is 0 Å². The van der Waals surface area contributed by atoms with Gasteiger partial charge < -0.3 is 14.8 Å². The van der Waals surface area contributed by atoms with Crippen molar-refractivity contribution in [1.29, 1.82) is 0 Å². The molecule has 2 aromatic carbocycles. The first kappa shape index (κ1) is 18.2. The second kappa shape index (κ2) is 8.19. The Morgan fingerprint density at radius 2 is 1.92 bits per heavy atom. The molecule has 0 spiro atoms. The van der Waals surface area contributed by atoms with Crippen LogP contribution in [0.2, 0.25) is 0 Å². The van der Waals surface area contributed by atoms with Gasteiger partial charge >= 0.3 is 5.97 Å². The summed E-state index contributed by atoms with van der Waals surface area (Å²) in [5, 5.41) is 2.81.